The highest BCUT2D eigenvalue weighted by molar-refractivity contribution is 7.16. The summed E-state index contributed by atoms with van der Waals surface area (Å²) in [5.74, 6) is -0.628. The molecule has 2 heterocycles. The van der Waals surface area contributed by atoms with Crippen molar-refractivity contribution >= 4 is 56.1 Å². The van der Waals surface area contributed by atoms with E-state index in [0.29, 0.717) is 5.92 Å². The first-order valence-corrected chi connectivity index (χ1v) is 11.9. The fourth-order valence-electron chi connectivity index (χ4n) is 3.79. The van der Waals surface area contributed by atoms with E-state index in [1.807, 2.05) is 17.6 Å². The van der Waals surface area contributed by atoms with Gasteiger partial charge in [-0.3, -0.25) is 0 Å². The molecule has 0 fully saturated rings. The third kappa shape index (κ3) is 4.53. The van der Waals surface area contributed by atoms with Gasteiger partial charge < -0.3 is 5.11 Å². The van der Waals surface area contributed by atoms with Crippen molar-refractivity contribution in [1.29, 1.82) is 0 Å². The lowest BCUT2D eigenvalue weighted by atomic mass is 9.83. The van der Waals surface area contributed by atoms with Gasteiger partial charge in [0.05, 0.1) is 15.7 Å². The maximum atomic E-state index is 10.8. The number of carbonyl (C=O) groups is 1. The predicted molar refractivity (Wildman–Crippen MR) is 133 cm³/mol. The van der Waals surface area contributed by atoms with E-state index < -0.39 is 5.97 Å². The second-order valence-electron chi connectivity index (χ2n) is 7.74. The minimum absolute atomic E-state index is 0.320. The molecule has 31 heavy (non-hydrogen) atoms. The first-order chi connectivity index (χ1) is 14.9. The van der Waals surface area contributed by atoms with Gasteiger partial charge in [-0.1, -0.05) is 44.2 Å². The molecule has 4 rings (SSSR count). The van der Waals surface area contributed by atoms with Crippen LogP contribution in [0.15, 0.2) is 64.8 Å². The molecule has 156 valence electrons. The summed E-state index contributed by atoms with van der Waals surface area (Å²) >= 11 is 3.37. The SMILES string of the molecule is Cc1cscc1C(=C(c1ccc(C=CC(=O)O)cc1)c1ccc2scnc2c1)C(C)C. The Hall–Kier alpha value is -3.02. The minimum Gasteiger partial charge on any atom is -0.478 e. The topological polar surface area (TPSA) is 50.2 Å². The molecule has 2 aromatic heterocycles. The predicted octanol–water partition coefficient (Wildman–Crippen LogP) is 7.38. The third-order valence-electron chi connectivity index (χ3n) is 5.23. The lowest BCUT2D eigenvalue weighted by Gasteiger charge is -2.20. The molecule has 3 nitrogen and oxygen atoms in total. The van der Waals surface area contributed by atoms with Gasteiger partial charge in [-0.2, -0.15) is 11.3 Å². The molecule has 0 atom stereocenters. The van der Waals surface area contributed by atoms with Crippen molar-refractivity contribution in [3.05, 3.63) is 92.6 Å². The molecule has 0 radical (unpaired) electrons. The van der Waals surface area contributed by atoms with E-state index >= 15 is 0 Å². The lowest BCUT2D eigenvalue weighted by molar-refractivity contribution is -0.131. The maximum absolute atomic E-state index is 10.8. The Bertz CT molecular complexity index is 1290. The van der Waals surface area contributed by atoms with Gasteiger partial charge in [-0.15, -0.1) is 11.3 Å². The number of aliphatic carboxylic acids is 1. The van der Waals surface area contributed by atoms with Gasteiger partial charge in [0.2, 0.25) is 0 Å². The van der Waals surface area contributed by atoms with E-state index in [9.17, 15) is 4.79 Å². The first-order valence-electron chi connectivity index (χ1n) is 10.1. The molecular formula is C26H23NO2S2. The van der Waals surface area contributed by atoms with Crippen LogP contribution in [0.5, 0.6) is 0 Å². The van der Waals surface area contributed by atoms with Gasteiger partial charge in [-0.05, 0) is 80.8 Å². The van der Waals surface area contributed by atoms with Crippen LogP contribution in [0.25, 0.3) is 27.4 Å². The molecular weight excluding hydrogens is 422 g/mol. The first kappa shape index (κ1) is 21.2. The standard InChI is InChI=1S/C26H23NO2S2/c1-16(2)25(21-14-30-13-17(21)3)26(20-9-10-23-22(12-20)27-15-31-23)19-7-4-18(5-8-19)6-11-24(28)29/h4-16H,1-3H3,(H,28,29). The van der Waals surface area contributed by atoms with Crippen molar-refractivity contribution < 1.29 is 9.90 Å². The van der Waals surface area contributed by atoms with Crippen LogP contribution in [0.3, 0.4) is 0 Å². The number of thiazole rings is 1. The van der Waals surface area contributed by atoms with Crippen LogP contribution in [0.1, 0.15) is 41.7 Å². The summed E-state index contributed by atoms with van der Waals surface area (Å²) < 4.78 is 1.18. The number of thiophene rings is 1. The Kier molecular flexibility index (Phi) is 6.16. The normalized spacial score (nSPS) is 12.6. The number of nitrogens with zero attached hydrogens (tertiary/aromatic N) is 1. The number of carboxylic acids is 1. The number of aryl methyl sites for hydroxylation is 1. The molecule has 1 N–H and O–H groups in total. The highest BCUT2D eigenvalue weighted by Crippen LogP contribution is 2.40. The number of hydrogen-bond acceptors (Lipinski definition) is 4. The molecule has 0 bridgehead atoms. The Balaban J connectivity index is 1.94. The third-order valence-corrected chi connectivity index (χ3v) is 6.90. The average Bonchev–Trinajstić information content (AvgIpc) is 3.38. The summed E-state index contributed by atoms with van der Waals surface area (Å²) in [5, 5.41) is 13.3. The minimum atomic E-state index is -0.948. The molecule has 0 unspecified atom stereocenters. The summed E-state index contributed by atoms with van der Waals surface area (Å²) in [6.07, 6.45) is 2.78. The largest absolute Gasteiger partial charge is 0.478 e. The zero-order valence-electron chi connectivity index (χ0n) is 17.6. The molecule has 0 saturated heterocycles. The summed E-state index contributed by atoms with van der Waals surface area (Å²) in [4.78, 5) is 15.4. The summed E-state index contributed by atoms with van der Waals surface area (Å²) in [7, 11) is 0. The average molecular weight is 446 g/mol. The van der Waals surface area contributed by atoms with Crippen LogP contribution in [0.2, 0.25) is 0 Å². The number of aromatic nitrogens is 1. The molecule has 0 amide bonds. The quantitative estimate of drug-likeness (QED) is 0.315. The van der Waals surface area contributed by atoms with Gasteiger partial charge in [-0.25, -0.2) is 9.78 Å². The van der Waals surface area contributed by atoms with Gasteiger partial charge in [0.1, 0.15) is 0 Å². The summed E-state index contributed by atoms with van der Waals surface area (Å²) in [5.41, 5.74) is 11.1. The van der Waals surface area contributed by atoms with Crippen molar-refractivity contribution in [1.82, 2.24) is 4.98 Å². The van der Waals surface area contributed by atoms with Crippen molar-refractivity contribution in [3.8, 4) is 0 Å². The monoisotopic (exact) mass is 445 g/mol. The van der Waals surface area contributed by atoms with E-state index in [1.54, 1.807) is 28.7 Å². The molecule has 4 aromatic rings. The van der Waals surface area contributed by atoms with Gasteiger partial charge in [0.15, 0.2) is 0 Å². The lowest BCUT2D eigenvalue weighted by Crippen LogP contribution is -2.01. The van der Waals surface area contributed by atoms with Crippen LogP contribution in [0, 0.1) is 12.8 Å². The van der Waals surface area contributed by atoms with Crippen LogP contribution in [-0.2, 0) is 4.79 Å². The van der Waals surface area contributed by atoms with Crippen molar-refractivity contribution in [2.24, 2.45) is 5.92 Å². The maximum Gasteiger partial charge on any atom is 0.328 e. The molecule has 0 saturated carbocycles. The number of carboxylic acid groups (broad SMARTS) is 1. The van der Waals surface area contributed by atoms with Crippen LogP contribution in [-0.4, -0.2) is 16.1 Å². The van der Waals surface area contributed by atoms with Gasteiger partial charge >= 0.3 is 5.97 Å². The Morgan fingerprint density at radius 1 is 1.06 bits per heavy atom. The zero-order valence-corrected chi connectivity index (χ0v) is 19.3. The fourth-order valence-corrected chi connectivity index (χ4v) is 5.30. The van der Waals surface area contributed by atoms with Crippen molar-refractivity contribution in [2.45, 2.75) is 20.8 Å². The van der Waals surface area contributed by atoms with Crippen LogP contribution < -0.4 is 0 Å². The Labute approximate surface area is 190 Å². The van der Waals surface area contributed by atoms with E-state index in [1.165, 1.54) is 27.0 Å². The second kappa shape index (κ2) is 9.00. The smallest absolute Gasteiger partial charge is 0.328 e. The Morgan fingerprint density at radius 2 is 1.81 bits per heavy atom. The molecule has 0 spiro atoms. The highest BCUT2D eigenvalue weighted by Gasteiger charge is 2.19. The van der Waals surface area contributed by atoms with E-state index in [2.05, 4.69) is 66.8 Å². The summed E-state index contributed by atoms with van der Waals surface area (Å²) in [6, 6.07) is 14.6. The van der Waals surface area contributed by atoms with Gasteiger partial charge in [0.25, 0.3) is 0 Å². The molecule has 0 aliphatic rings. The number of hydrogen-bond donors (Lipinski definition) is 1. The number of benzene rings is 2. The van der Waals surface area contributed by atoms with Crippen molar-refractivity contribution in [2.75, 3.05) is 0 Å². The number of rotatable bonds is 6. The van der Waals surface area contributed by atoms with E-state index in [-0.39, 0.29) is 0 Å². The second-order valence-corrected chi connectivity index (χ2v) is 9.37. The molecule has 0 aliphatic carbocycles. The molecule has 0 aliphatic heterocycles. The van der Waals surface area contributed by atoms with Crippen LogP contribution in [0.4, 0.5) is 0 Å². The van der Waals surface area contributed by atoms with E-state index in [0.717, 1.165) is 28.3 Å². The van der Waals surface area contributed by atoms with Crippen LogP contribution >= 0.6 is 22.7 Å². The fraction of sp³-hybridized carbons (Fsp3) is 0.154. The Morgan fingerprint density at radius 3 is 2.45 bits per heavy atom. The molecule has 2 aromatic carbocycles. The van der Waals surface area contributed by atoms with E-state index in [4.69, 9.17) is 5.11 Å². The summed E-state index contributed by atoms with van der Waals surface area (Å²) in [6.45, 7) is 6.63. The van der Waals surface area contributed by atoms with Crippen molar-refractivity contribution in [3.63, 3.8) is 0 Å². The van der Waals surface area contributed by atoms with Gasteiger partial charge in [0, 0.05) is 6.08 Å². The number of fused-ring (bicyclic) bond motifs is 1. The molecule has 5 heteroatoms. The number of allylic oxidation sites excluding steroid dienone is 1. The highest BCUT2D eigenvalue weighted by atomic mass is 32.1. The zero-order chi connectivity index (χ0) is 22.0.